The standard InChI is InChI=1S/C30H25N3O3S/c1-2-36-21-12-8-11-20(16-21)27-18-24(23-13-6-7-14-26(23)32-27)29(35)33-30-25(28(31)34)17-22(37-30)15-19-9-4-3-5-10-19/h3-14,16-18H,2,15H2,1H3,(H2,31,34)(H,33,35). The third-order valence-corrected chi connectivity index (χ3v) is 6.95. The lowest BCUT2D eigenvalue weighted by atomic mass is 10.0. The van der Waals surface area contributed by atoms with Gasteiger partial charge in [-0.05, 0) is 42.8 Å². The number of ether oxygens (including phenoxy) is 1. The average molecular weight is 508 g/mol. The number of primary amides is 1. The van der Waals surface area contributed by atoms with Crippen molar-refractivity contribution in [2.45, 2.75) is 13.3 Å². The summed E-state index contributed by atoms with van der Waals surface area (Å²) in [6.07, 6.45) is 0.639. The maximum atomic E-state index is 13.6. The Hall–Kier alpha value is -4.49. The summed E-state index contributed by atoms with van der Waals surface area (Å²) >= 11 is 1.35. The van der Waals surface area contributed by atoms with Crippen molar-refractivity contribution in [1.82, 2.24) is 4.98 Å². The number of aromatic nitrogens is 1. The number of benzene rings is 3. The molecule has 37 heavy (non-hydrogen) atoms. The molecule has 0 aliphatic heterocycles. The lowest BCUT2D eigenvalue weighted by molar-refractivity contribution is 0.100. The van der Waals surface area contributed by atoms with Gasteiger partial charge in [0.1, 0.15) is 10.8 Å². The van der Waals surface area contributed by atoms with E-state index in [0.29, 0.717) is 45.8 Å². The SMILES string of the molecule is CCOc1cccc(-c2cc(C(=O)Nc3sc(Cc4ccccc4)cc3C(N)=O)c3ccccc3n2)c1. The van der Waals surface area contributed by atoms with Gasteiger partial charge in [-0.15, -0.1) is 11.3 Å². The first kappa shape index (κ1) is 24.2. The lowest BCUT2D eigenvalue weighted by Gasteiger charge is -2.11. The molecule has 0 saturated carbocycles. The molecule has 0 fully saturated rings. The van der Waals surface area contributed by atoms with Gasteiger partial charge in [-0.2, -0.15) is 0 Å². The Morgan fingerprint density at radius 1 is 0.919 bits per heavy atom. The molecule has 0 aliphatic rings. The normalized spacial score (nSPS) is 10.8. The Morgan fingerprint density at radius 3 is 2.49 bits per heavy atom. The number of nitrogens with zero attached hydrogens (tertiary/aromatic N) is 1. The minimum Gasteiger partial charge on any atom is -0.494 e. The first-order valence-electron chi connectivity index (χ1n) is 11.9. The second kappa shape index (κ2) is 10.6. The number of para-hydroxylation sites is 1. The summed E-state index contributed by atoms with van der Waals surface area (Å²) in [6.45, 7) is 2.48. The Morgan fingerprint density at radius 2 is 1.70 bits per heavy atom. The number of nitrogens with two attached hydrogens (primary N) is 1. The summed E-state index contributed by atoms with van der Waals surface area (Å²) in [4.78, 5) is 31.5. The number of pyridine rings is 1. The second-order valence-electron chi connectivity index (χ2n) is 8.47. The maximum absolute atomic E-state index is 13.6. The number of hydrogen-bond donors (Lipinski definition) is 2. The van der Waals surface area contributed by atoms with E-state index in [1.165, 1.54) is 11.3 Å². The summed E-state index contributed by atoms with van der Waals surface area (Å²) < 4.78 is 5.64. The zero-order chi connectivity index (χ0) is 25.8. The van der Waals surface area contributed by atoms with Crippen molar-refractivity contribution in [2.24, 2.45) is 5.73 Å². The predicted octanol–water partition coefficient (Wildman–Crippen LogP) is 6.30. The largest absolute Gasteiger partial charge is 0.494 e. The number of rotatable bonds is 8. The van der Waals surface area contributed by atoms with Crippen LogP contribution in [-0.4, -0.2) is 23.4 Å². The Labute approximate surface area is 218 Å². The molecule has 2 heterocycles. The molecule has 2 amide bonds. The molecule has 3 N–H and O–H groups in total. The fourth-order valence-corrected chi connectivity index (χ4v) is 5.29. The zero-order valence-electron chi connectivity index (χ0n) is 20.2. The van der Waals surface area contributed by atoms with Gasteiger partial charge in [0.05, 0.1) is 28.9 Å². The van der Waals surface area contributed by atoms with E-state index in [2.05, 4.69) is 5.32 Å². The lowest BCUT2D eigenvalue weighted by Crippen LogP contribution is -2.17. The van der Waals surface area contributed by atoms with Crippen LogP contribution in [0.3, 0.4) is 0 Å². The molecular weight excluding hydrogens is 482 g/mol. The average Bonchev–Trinajstić information content (AvgIpc) is 3.31. The molecule has 0 spiro atoms. The molecular formula is C30H25N3O3S. The van der Waals surface area contributed by atoms with Gasteiger partial charge in [-0.1, -0.05) is 60.7 Å². The summed E-state index contributed by atoms with van der Waals surface area (Å²) in [5, 5.41) is 4.09. The van der Waals surface area contributed by atoms with Gasteiger partial charge in [0.25, 0.3) is 11.8 Å². The molecule has 184 valence electrons. The molecule has 5 aromatic rings. The van der Waals surface area contributed by atoms with Crippen molar-refractivity contribution >= 4 is 39.1 Å². The fraction of sp³-hybridized carbons (Fsp3) is 0.100. The summed E-state index contributed by atoms with van der Waals surface area (Å²) in [5.41, 5.74) is 9.70. The van der Waals surface area contributed by atoms with Gasteiger partial charge < -0.3 is 15.8 Å². The molecule has 2 aromatic heterocycles. The molecule has 7 heteroatoms. The van der Waals surface area contributed by atoms with Crippen LogP contribution in [0, 0.1) is 0 Å². The van der Waals surface area contributed by atoms with Gasteiger partial charge >= 0.3 is 0 Å². The van der Waals surface area contributed by atoms with Gasteiger partial charge in [-0.25, -0.2) is 4.98 Å². The van der Waals surface area contributed by atoms with Gasteiger partial charge in [-0.3, -0.25) is 9.59 Å². The minimum absolute atomic E-state index is 0.298. The van der Waals surface area contributed by atoms with Crippen LogP contribution in [0.1, 0.15) is 38.1 Å². The number of amides is 2. The Balaban J connectivity index is 1.51. The van der Waals surface area contributed by atoms with E-state index in [-0.39, 0.29) is 5.91 Å². The van der Waals surface area contributed by atoms with E-state index >= 15 is 0 Å². The van der Waals surface area contributed by atoms with Gasteiger partial charge in [0, 0.05) is 22.2 Å². The fourth-order valence-electron chi connectivity index (χ4n) is 4.20. The number of nitrogens with one attached hydrogen (secondary N) is 1. The van der Waals surface area contributed by atoms with Gasteiger partial charge in [0.15, 0.2) is 0 Å². The van der Waals surface area contributed by atoms with Crippen LogP contribution in [0.15, 0.2) is 91.0 Å². The van der Waals surface area contributed by atoms with E-state index in [1.807, 2.05) is 85.8 Å². The molecule has 0 unspecified atom stereocenters. The van der Waals surface area contributed by atoms with Crippen LogP contribution in [0.2, 0.25) is 0 Å². The predicted molar refractivity (Wildman–Crippen MR) is 148 cm³/mol. The van der Waals surface area contributed by atoms with Crippen molar-refractivity contribution < 1.29 is 14.3 Å². The van der Waals surface area contributed by atoms with Crippen LogP contribution < -0.4 is 15.8 Å². The number of carbonyl (C=O) groups excluding carboxylic acids is 2. The van der Waals surface area contributed by atoms with Crippen LogP contribution in [0.4, 0.5) is 5.00 Å². The molecule has 0 atom stereocenters. The monoisotopic (exact) mass is 507 g/mol. The van der Waals surface area contributed by atoms with Crippen LogP contribution in [-0.2, 0) is 6.42 Å². The Kier molecular flexibility index (Phi) is 6.96. The van der Waals surface area contributed by atoms with Crippen molar-refractivity contribution in [3.05, 3.63) is 113 Å². The van der Waals surface area contributed by atoms with Crippen molar-refractivity contribution in [3.8, 4) is 17.0 Å². The molecule has 6 nitrogen and oxygen atoms in total. The van der Waals surface area contributed by atoms with E-state index in [4.69, 9.17) is 15.5 Å². The topological polar surface area (TPSA) is 94.3 Å². The highest BCUT2D eigenvalue weighted by molar-refractivity contribution is 7.16. The minimum atomic E-state index is -0.584. The number of hydrogen-bond acceptors (Lipinski definition) is 5. The number of fused-ring (bicyclic) bond motifs is 1. The summed E-state index contributed by atoms with van der Waals surface area (Å²) in [5.74, 6) is -0.188. The summed E-state index contributed by atoms with van der Waals surface area (Å²) in [7, 11) is 0. The highest BCUT2D eigenvalue weighted by Crippen LogP contribution is 2.32. The number of thiophene rings is 1. The molecule has 0 radical (unpaired) electrons. The highest BCUT2D eigenvalue weighted by atomic mass is 32.1. The number of anilines is 1. The molecule has 0 aliphatic carbocycles. The smallest absolute Gasteiger partial charge is 0.257 e. The first-order valence-corrected chi connectivity index (χ1v) is 12.7. The third kappa shape index (κ3) is 5.37. The second-order valence-corrected chi connectivity index (χ2v) is 9.61. The van der Waals surface area contributed by atoms with E-state index in [0.717, 1.165) is 21.8 Å². The van der Waals surface area contributed by atoms with E-state index in [9.17, 15) is 9.59 Å². The highest BCUT2D eigenvalue weighted by Gasteiger charge is 2.20. The van der Waals surface area contributed by atoms with Crippen LogP contribution >= 0.6 is 11.3 Å². The van der Waals surface area contributed by atoms with E-state index in [1.54, 1.807) is 12.1 Å². The summed E-state index contributed by atoms with van der Waals surface area (Å²) in [6, 6.07) is 28.6. The first-order chi connectivity index (χ1) is 18.0. The molecule has 3 aromatic carbocycles. The zero-order valence-corrected chi connectivity index (χ0v) is 21.0. The van der Waals surface area contributed by atoms with Crippen molar-refractivity contribution in [2.75, 3.05) is 11.9 Å². The Bertz CT molecular complexity index is 1590. The van der Waals surface area contributed by atoms with Gasteiger partial charge in [0.2, 0.25) is 0 Å². The van der Waals surface area contributed by atoms with Crippen molar-refractivity contribution in [3.63, 3.8) is 0 Å². The molecule has 5 rings (SSSR count). The maximum Gasteiger partial charge on any atom is 0.257 e. The third-order valence-electron chi connectivity index (χ3n) is 5.90. The van der Waals surface area contributed by atoms with Crippen LogP contribution in [0.25, 0.3) is 22.2 Å². The number of carbonyl (C=O) groups is 2. The molecule has 0 saturated heterocycles. The quantitative estimate of drug-likeness (QED) is 0.258. The van der Waals surface area contributed by atoms with Crippen LogP contribution in [0.5, 0.6) is 5.75 Å². The van der Waals surface area contributed by atoms with E-state index < -0.39 is 5.91 Å². The van der Waals surface area contributed by atoms with Crippen molar-refractivity contribution in [1.29, 1.82) is 0 Å². The molecule has 0 bridgehead atoms.